The average molecular weight is 335 g/mol. The third-order valence-electron chi connectivity index (χ3n) is 3.34. The zero-order valence-electron chi connectivity index (χ0n) is 12.1. The van der Waals surface area contributed by atoms with Crippen molar-refractivity contribution in [3.8, 4) is 0 Å². The maximum absolute atomic E-state index is 4.38. The summed E-state index contributed by atoms with van der Waals surface area (Å²) in [4.78, 5) is 11.1. The molecule has 0 saturated heterocycles. The van der Waals surface area contributed by atoms with Gasteiger partial charge in [0.15, 0.2) is 0 Å². The van der Waals surface area contributed by atoms with Gasteiger partial charge in [-0.05, 0) is 12.1 Å². The van der Waals surface area contributed by atoms with Crippen LogP contribution in [0.2, 0.25) is 0 Å². The van der Waals surface area contributed by atoms with Crippen LogP contribution in [0.4, 0.5) is 0 Å². The normalized spacial score (nSPS) is 15.7. The van der Waals surface area contributed by atoms with Crippen LogP contribution in [0.1, 0.15) is 11.1 Å². The van der Waals surface area contributed by atoms with Gasteiger partial charge in [0.1, 0.15) is 0 Å². The molecule has 2 aliphatic heterocycles. The maximum atomic E-state index is 4.38. The van der Waals surface area contributed by atoms with Gasteiger partial charge in [0.2, 0.25) is 0 Å². The predicted molar refractivity (Wildman–Crippen MR) is 99.1 cm³/mol. The van der Waals surface area contributed by atoms with Crippen LogP contribution in [-0.4, -0.2) is 12.4 Å². The van der Waals surface area contributed by atoms with E-state index in [2.05, 4.69) is 39.6 Å². The Morgan fingerprint density at radius 1 is 0.652 bits per heavy atom. The number of benzene rings is 2. The molecule has 2 heterocycles. The molecular weight excluding hydrogens is 322 g/mol. The van der Waals surface area contributed by atoms with Gasteiger partial charge in [0, 0.05) is 33.3 Å². The topological polar surface area (TPSA) is 36.8 Å². The van der Waals surface area contributed by atoms with E-state index >= 15 is 0 Å². The summed E-state index contributed by atoms with van der Waals surface area (Å²) in [7, 11) is 0. The van der Waals surface area contributed by atoms with E-state index < -0.39 is 0 Å². The molecule has 1 N–H and O–H groups in total. The highest BCUT2D eigenvalue weighted by Gasteiger charge is 2.12. The highest BCUT2D eigenvalue weighted by Crippen LogP contribution is 2.34. The summed E-state index contributed by atoms with van der Waals surface area (Å²) in [5, 5.41) is 5.41. The van der Waals surface area contributed by atoms with Gasteiger partial charge in [-0.2, -0.15) is 0 Å². The second-order valence-electron chi connectivity index (χ2n) is 4.95. The molecule has 3 nitrogen and oxygen atoms in total. The Morgan fingerprint density at radius 2 is 1.13 bits per heavy atom. The number of aliphatic imine (C=N–C) groups is 2. The summed E-state index contributed by atoms with van der Waals surface area (Å²) in [5.41, 5.74) is 2.27. The van der Waals surface area contributed by atoms with Gasteiger partial charge in [0.05, 0.1) is 22.5 Å². The van der Waals surface area contributed by atoms with Crippen molar-refractivity contribution in [3.63, 3.8) is 0 Å². The molecule has 0 unspecified atom stereocenters. The lowest BCUT2D eigenvalue weighted by atomic mass is 10.2. The van der Waals surface area contributed by atoms with Crippen LogP contribution in [0.3, 0.4) is 0 Å². The molecule has 23 heavy (non-hydrogen) atoms. The quantitative estimate of drug-likeness (QED) is 0.870. The molecule has 0 saturated carbocycles. The molecule has 2 aliphatic rings. The molecular formula is C18H13N3S2. The SMILES string of the molecule is C1=NC=C(NC2=CN=Cc3ccccc3S2)Sc2ccccc21. The number of thioether (sulfide) groups is 2. The van der Waals surface area contributed by atoms with Crippen molar-refractivity contribution in [2.24, 2.45) is 9.98 Å². The van der Waals surface area contributed by atoms with Crippen LogP contribution >= 0.6 is 23.5 Å². The van der Waals surface area contributed by atoms with E-state index in [9.17, 15) is 0 Å². The lowest BCUT2D eigenvalue weighted by Crippen LogP contribution is -2.07. The third kappa shape index (κ3) is 3.25. The predicted octanol–water partition coefficient (Wildman–Crippen LogP) is 4.62. The molecule has 0 aromatic heterocycles. The molecule has 0 amide bonds. The molecule has 112 valence electrons. The summed E-state index contributed by atoms with van der Waals surface area (Å²) in [6.45, 7) is 0. The fourth-order valence-electron chi connectivity index (χ4n) is 2.26. The van der Waals surface area contributed by atoms with E-state index in [4.69, 9.17) is 0 Å². The molecule has 0 bridgehead atoms. The summed E-state index contributed by atoms with van der Waals surface area (Å²) in [6.07, 6.45) is 7.48. The fourth-order valence-corrected chi connectivity index (χ4v) is 4.12. The summed E-state index contributed by atoms with van der Waals surface area (Å²) in [5.74, 6) is 0. The zero-order valence-corrected chi connectivity index (χ0v) is 13.8. The van der Waals surface area contributed by atoms with Crippen molar-refractivity contribution in [1.82, 2.24) is 5.32 Å². The fraction of sp³-hybridized carbons (Fsp3) is 0. The van der Waals surface area contributed by atoms with Gasteiger partial charge in [-0.3, -0.25) is 9.98 Å². The highest BCUT2D eigenvalue weighted by molar-refractivity contribution is 8.04. The van der Waals surface area contributed by atoms with Crippen LogP contribution in [0.5, 0.6) is 0 Å². The lowest BCUT2D eigenvalue weighted by Gasteiger charge is -2.12. The minimum Gasteiger partial charge on any atom is -0.342 e. The van der Waals surface area contributed by atoms with Crippen LogP contribution in [0.15, 0.2) is 90.8 Å². The van der Waals surface area contributed by atoms with Crippen molar-refractivity contribution in [2.75, 3.05) is 0 Å². The Balaban J connectivity index is 1.56. The first kappa shape index (κ1) is 14.4. The number of nitrogens with one attached hydrogen (secondary N) is 1. The zero-order chi connectivity index (χ0) is 15.5. The van der Waals surface area contributed by atoms with Crippen LogP contribution in [0, 0.1) is 0 Å². The van der Waals surface area contributed by atoms with E-state index in [1.165, 1.54) is 9.79 Å². The molecule has 2 aromatic rings. The Morgan fingerprint density at radius 3 is 1.65 bits per heavy atom. The Labute approximate surface area is 143 Å². The maximum Gasteiger partial charge on any atom is 0.0964 e. The number of fused-ring (bicyclic) bond motifs is 2. The van der Waals surface area contributed by atoms with Crippen LogP contribution in [-0.2, 0) is 0 Å². The third-order valence-corrected chi connectivity index (χ3v) is 5.37. The monoisotopic (exact) mass is 335 g/mol. The Hall–Kier alpha value is -2.24. The second kappa shape index (κ2) is 6.48. The lowest BCUT2D eigenvalue weighted by molar-refractivity contribution is 1.12. The van der Waals surface area contributed by atoms with Gasteiger partial charge < -0.3 is 5.32 Å². The summed E-state index contributed by atoms with van der Waals surface area (Å²) in [6, 6.07) is 16.5. The first-order chi connectivity index (χ1) is 11.4. The molecule has 0 radical (unpaired) electrons. The van der Waals surface area contributed by atoms with Crippen molar-refractivity contribution < 1.29 is 0 Å². The van der Waals surface area contributed by atoms with E-state index in [-0.39, 0.29) is 0 Å². The molecule has 0 aliphatic carbocycles. The molecule has 4 rings (SSSR count). The van der Waals surface area contributed by atoms with E-state index in [1.807, 2.05) is 49.1 Å². The van der Waals surface area contributed by atoms with Crippen molar-refractivity contribution in [1.29, 1.82) is 0 Å². The van der Waals surface area contributed by atoms with Gasteiger partial charge in [0.25, 0.3) is 0 Å². The minimum absolute atomic E-state index is 0.986. The number of rotatable bonds is 2. The standard InChI is InChI=1S/C18H13N3S2/c1-3-7-15-13(5-1)9-19-11-17(22-15)21-18-12-20-10-14-6-2-4-8-16(14)23-18/h1-12,21H. The molecule has 0 spiro atoms. The number of nitrogens with zero attached hydrogens (tertiary/aromatic N) is 2. The van der Waals surface area contributed by atoms with Crippen molar-refractivity contribution in [3.05, 3.63) is 82.1 Å². The number of hydrogen-bond acceptors (Lipinski definition) is 5. The Kier molecular flexibility index (Phi) is 4.05. The first-order valence-electron chi connectivity index (χ1n) is 7.16. The minimum atomic E-state index is 0.986. The second-order valence-corrected chi connectivity index (χ2v) is 7.12. The molecule has 0 fully saturated rings. The smallest absolute Gasteiger partial charge is 0.0964 e. The largest absolute Gasteiger partial charge is 0.342 e. The summed E-state index contributed by atoms with van der Waals surface area (Å²) >= 11 is 3.36. The van der Waals surface area contributed by atoms with Gasteiger partial charge in [-0.15, -0.1) is 0 Å². The van der Waals surface area contributed by atoms with Crippen molar-refractivity contribution in [2.45, 2.75) is 9.79 Å². The van der Waals surface area contributed by atoms with E-state index in [0.29, 0.717) is 0 Å². The number of hydrogen-bond donors (Lipinski definition) is 1. The summed E-state index contributed by atoms with van der Waals surface area (Å²) < 4.78 is 0. The molecule has 2 aromatic carbocycles. The van der Waals surface area contributed by atoms with Gasteiger partial charge in [-0.1, -0.05) is 59.9 Å². The first-order valence-corrected chi connectivity index (χ1v) is 8.79. The average Bonchev–Trinajstić information content (AvgIpc) is 2.90. The van der Waals surface area contributed by atoms with E-state index in [1.54, 1.807) is 23.5 Å². The van der Waals surface area contributed by atoms with Gasteiger partial charge >= 0.3 is 0 Å². The molecule has 0 atom stereocenters. The highest BCUT2D eigenvalue weighted by atomic mass is 32.2. The Bertz CT molecular complexity index is 795. The van der Waals surface area contributed by atoms with Crippen molar-refractivity contribution >= 4 is 36.0 Å². The van der Waals surface area contributed by atoms with Crippen LogP contribution < -0.4 is 5.32 Å². The van der Waals surface area contributed by atoms with Gasteiger partial charge in [-0.25, -0.2) is 0 Å². The molecule has 5 heteroatoms. The van der Waals surface area contributed by atoms with Crippen LogP contribution in [0.25, 0.3) is 0 Å². The van der Waals surface area contributed by atoms with E-state index in [0.717, 1.165) is 21.2 Å².